The molecule has 0 aromatic heterocycles. The van der Waals surface area contributed by atoms with Gasteiger partial charge in [0.05, 0.1) is 19.1 Å². The Morgan fingerprint density at radius 2 is 1.73 bits per heavy atom. The molecule has 3 aliphatic rings. The van der Waals surface area contributed by atoms with Crippen molar-refractivity contribution in [3.8, 4) is 0 Å². The number of amides is 1. The van der Waals surface area contributed by atoms with Crippen LogP contribution >= 0.6 is 0 Å². The van der Waals surface area contributed by atoms with Crippen molar-refractivity contribution >= 4 is 11.9 Å². The molecule has 1 heterocycles. The van der Waals surface area contributed by atoms with E-state index in [0.29, 0.717) is 45.5 Å². The second-order valence-corrected chi connectivity index (χ2v) is 9.55. The van der Waals surface area contributed by atoms with Crippen LogP contribution < -0.4 is 0 Å². The standard InChI is InChI=1S/C21H33F3N2O4/c1-15-11-16(15)26(17(27)21(22,23)24)12-19(14-29-2)7-9-25(10-8-19)13-20(5-4-6-20)18(28)30-3/h15-16H,4-14H2,1-3H3/t15-,16-/m1/s1. The molecule has 0 bridgehead atoms. The largest absolute Gasteiger partial charge is 0.471 e. The second-order valence-electron chi connectivity index (χ2n) is 9.55. The highest BCUT2D eigenvalue weighted by Gasteiger charge is 2.53. The predicted molar refractivity (Wildman–Crippen MR) is 104 cm³/mol. The topological polar surface area (TPSA) is 59.1 Å². The summed E-state index contributed by atoms with van der Waals surface area (Å²) in [4.78, 5) is 27.6. The maximum Gasteiger partial charge on any atom is 0.471 e. The Hall–Kier alpha value is -1.35. The fourth-order valence-electron chi connectivity index (χ4n) is 5.12. The number of ether oxygens (including phenoxy) is 2. The summed E-state index contributed by atoms with van der Waals surface area (Å²) < 4.78 is 50.0. The third kappa shape index (κ3) is 4.77. The van der Waals surface area contributed by atoms with E-state index in [1.54, 1.807) is 7.11 Å². The Morgan fingerprint density at radius 3 is 2.13 bits per heavy atom. The van der Waals surface area contributed by atoms with Crippen LogP contribution in [-0.4, -0.2) is 80.9 Å². The zero-order valence-electron chi connectivity index (χ0n) is 18.1. The van der Waals surface area contributed by atoms with Gasteiger partial charge in [0.25, 0.3) is 0 Å². The quantitative estimate of drug-likeness (QED) is 0.550. The van der Waals surface area contributed by atoms with Crippen molar-refractivity contribution in [3.63, 3.8) is 0 Å². The molecule has 2 saturated carbocycles. The van der Waals surface area contributed by atoms with E-state index in [2.05, 4.69) is 4.90 Å². The number of hydrogen-bond donors (Lipinski definition) is 0. The molecule has 30 heavy (non-hydrogen) atoms. The van der Waals surface area contributed by atoms with Crippen molar-refractivity contribution in [2.45, 2.75) is 57.7 Å². The minimum Gasteiger partial charge on any atom is -0.469 e. The number of rotatable bonds is 8. The first-order valence-electron chi connectivity index (χ1n) is 10.7. The zero-order chi connectivity index (χ0) is 22.2. The number of alkyl halides is 3. The van der Waals surface area contributed by atoms with E-state index in [1.165, 1.54) is 7.11 Å². The number of methoxy groups -OCH3 is 2. The smallest absolute Gasteiger partial charge is 0.469 e. The minimum atomic E-state index is -4.87. The van der Waals surface area contributed by atoms with Crippen molar-refractivity contribution < 1.29 is 32.2 Å². The van der Waals surface area contributed by atoms with Crippen LogP contribution in [0.25, 0.3) is 0 Å². The summed E-state index contributed by atoms with van der Waals surface area (Å²) in [5.41, 5.74) is -0.954. The maximum absolute atomic E-state index is 13.2. The van der Waals surface area contributed by atoms with Gasteiger partial charge in [0.15, 0.2) is 0 Å². The second kappa shape index (κ2) is 8.65. The molecule has 2 aliphatic carbocycles. The minimum absolute atomic E-state index is 0.0597. The Bertz CT molecular complexity index is 643. The first kappa shape index (κ1) is 23.3. The zero-order valence-corrected chi connectivity index (χ0v) is 18.1. The van der Waals surface area contributed by atoms with Gasteiger partial charge in [-0.2, -0.15) is 13.2 Å². The molecule has 0 N–H and O–H groups in total. The molecule has 3 fully saturated rings. The van der Waals surface area contributed by atoms with Crippen LogP contribution in [-0.2, 0) is 19.1 Å². The third-order valence-electron chi connectivity index (χ3n) is 7.30. The predicted octanol–water partition coefficient (Wildman–Crippen LogP) is 2.86. The number of nitrogens with zero attached hydrogens (tertiary/aromatic N) is 2. The summed E-state index contributed by atoms with van der Waals surface area (Å²) in [6.07, 6.45) is -0.376. The first-order chi connectivity index (χ1) is 14.1. The molecular weight excluding hydrogens is 401 g/mol. The molecule has 0 radical (unpaired) electrons. The summed E-state index contributed by atoms with van der Waals surface area (Å²) >= 11 is 0. The van der Waals surface area contributed by atoms with Gasteiger partial charge in [0, 0.05) is 31.7 Å². The van der Waals surface area contributed by atoms with Gasteiger partial charge in [0.1, 0.15) is 0 Å². The first-order valence-corrected chi connectivity index (χ1v) is 10.7. The normalized spacial score (nSPS) is 27.8. The van der Waals surface area contributed by atoms with E-state index in [0.717, 1.165) is 24.2 Å². The van der Waals surface area contributed by atoms with E-state index in [-0.39, 0.29) is 24.5 Å². The van der Waals surface area contributed by atoms with Crippen LogP contribution in [0, 0.1) is 16.7 Å². The number of carbonyl (C=O) groups is 2. The average Bonchev–Trinajstić information content (AvgIpc) is 3.39. The van der Waals surface area contributed by atoms with E-state index >= 15 is 0 Å². The Balaban J connectivity index is 1.67. The van der Waals surface area contributed by atoms with Gasteiger partial charge < -0.3 is 19.3 Å². The molecule has 0 aromatic carbocycles. The van der Waals surface area contributed by atoms with Gasteiger partial charge in [-0.05, 0) is 51.1 Å². The Labute approximate surface area is 176 Å². The highest BCUT2D eigenvalue weighted by Crippen LogP contribution is 2.45. The number of piperidine rings is 1. The molecule has 0 spiro atoms. The number of esters is 1. The third-order valence-corrected chi connectivity index (χ3v) is 7.30. The lowest BCUT2D eigenvalue weighted by Crippen LogP contribution is -2.55. The molecular formula is C21H33F3N2O4. The fourth-order valence-corrected chi connectivity index (χ4v) is 5.12. The number of carbonyl (C=O) groups excluding carboxylic acids is 2. The highest BCUT2D eigenvalue weighted by atomic mass is 19.4. The van der Waals surface area contributed by atoms with Gasteiger partial charge in [-0.25, -0.2) is 0 Å². The summed E-state index contributed by atoms with van der Waals surface area (Å²) in [5, 5.41) is 0. The molecule has 3 rings (SSSR count). The van der Waals surface area contributed by atoms with Gasteiger partial charge in [-0.3, -0.25) is 9.59 Å². The van der Waals surface area contributed by atoms with Crippen molar-refractivity contribution in [1.82, 2.24) is 9.80 Å². The monoisotopic (exact) mass is 434 g/mol. The lowest BCUT2D eigenvalue weighted by Gasteiger charge is -2.48. The molecule has 1 amide bonds. The number of halogens is 3. The lowest BCUT2D eigenvalue weighted by atomic mass is 9.68. The lowest BCUT2D eigenvalue weighted by molar-refractivity contribution is -0.189. The summed E-state index contributed by atoms with van der Waals surface area (Å²) in [6, 6.07) is -0.344. The average molecular weight is 434 g/mol. The molecule has 6 nitrogen and oxygen atoms in total. The van der Waals surface area contributed by atoms with Crippen molar-refractivity contribution in [1.29, 1.82) is 0 Å². The molecule has 2 atom stereocenters. The molecule has 0 aromatic rings. The molecule has 0 unspecified atom stereocenters. The Kier molecular flexibility index (Phi) is 6.72. The van der Waals surface area contributed by atoms with E-state index < -0.39 is 22.9 Å². The van der Waals surface area contributed by atoms with Gasteiger partial charge in [0.2, 0.25) is 0 Å². The summed E-state index contributed by atoms with van der Waals surface area (Å²) in [7, 11) is 2.96. The number of hydrogen-bond acceptors (Lipinski definition) is 5. The van der Waals surface area contributed by atoms with Crippen LogP contribution in [0.4, 0.5) is 13.2 Å². The molecule has 1 aliphatic heterocycles. The van der Waals surface area contributed by atoms with E-state index in [9.17, 15) is 22.8 Å². The van der Waals surface area contributed by atoms with E-state index in [1.807, 2.05) is 6.92 Å². The van der Waals surface area contributed by atoms with Gasteiger partial charge >= 0.3 is 18.1 Å². The highest BCUT2D eigenvalue weighted by molar-refractivity contribution is 5.82. The van der Waals surface area contributed by atoms with E-state index in [4.69, 9.17) is 9.47 Å². The van der Waals surface area contributed by atoms with Crippen molar-refractivity contribution in [2.24, 2.45) is 16.7 Å². The number of likely N-dealkylation sites (tertiary alicyclic amines) is 1. The fraction of sp³-hybridized carbons (Fsp3) is 0.905. The van der Waals surface area contributed by atoms with Crippen molar-refractivity contribution in [2.75, 3.05) is 47.0 Å². The maximum atomic E-state index is 13.2. The summed E-state index contributed by atoms with van der Waals surface area (Å²) in [5.74, 6) is -1.82. The van der Waals surface area contributed by atoms with Crippen molar-refractivity contribution in [3.05, 3.63) is 0 Å². The van der Waals surface area contributed by atoms with Crippen LogP contribution in [0.5, 0.6) is 0 Å². The molecule has 172 valence electrons. The summed E-state index contributed by atoms with van der Waals surface area (Å²) in [6.45, 7) is 4.19. The molecule has 1 saturated heterocycles. The van der Waals surface area contributed by atoms with Gasteiger partial charge in [-0.1, -0.05) is 13.3 Å². The van der Waals surface area contributed by atoms with Crippen LogP contribution in [0.3, 0.4) is 0 Å². The van der Waals surface area contributed by atoms with Crippen LogP contribution in [0.1, 0.15) is 45.4 Å². The Morgan fingerprint density at radius 1 is 1.13 bits per heavy atom. The van der Waals surface area contributed by atoms with Crippen LogP contribution in [0.2, 0.25) is 0 Å². The van der Waals surface area contributed by atoms with Gasteiger partial charge in [-0.15, -0.1) is 0 Å². The molecule has 9 heteroatoms. The SMILES string of the molecule is COCC1(CN(C(=O)C(F)(F)F)[C@@H]2C[C@H]2C)CCN(CC2(C(=O)OC)CCC2)CC1. The van der Waals surface area contributed by atoms with Crippen LogP contribution in [0.15, 0.2) is 0 Å².